The number of halogens is 4. The predicted octanol–water partition coefficient (Wildman–Crippen LogP) is 2.35. The maximum atomic E-state index is 13.2. The molecule has 1 atom stereocenters. The largest absolute Gasteiger partial charge is 0.346 e. The fourth-order valence-corrected chi connectivity index (χ4v) is 3.44. The highest BCUT2D eigenvalue weighted by Gasteiger charge is 2.29. The van der Waals surface area contributed by atoms with Crippen LogP contribution in [0, 0.1) is 0 Å². The molecule has 0 spiro atoms. The van der Waals surface area contributed by atoms with Crippen LogP contribution in [0.3, 0.4) is 0 Å². The maximum absolute atomic E-state index is 13.2. The molecule has 2 amide bonds. The Hall–Kier alpha value is -1.16. The minimum absolute atomic E-state index is 0. The number of likely N-dealkylation sites (tertiary alicyclic amines) is 1. The van der Waals surface area contributed by atoms with Crippen LogP contribution in [0.5, 0.6) is 0 Å². The summed E-state index contributed by atoms with van der Waals surface area (Å²) in [5, 5.41) is 2.10. The zero-order valence-corrected chi connectivity index (χ0v) is 17.3. The van der Waals surface area contributed by atoms with Crippen molar-refractivity contribution in [2.75, 3.05) is 26.2 Å². The van der Waals surface area contributed by atoms with E-state index in [0.717, 1.165) is 37.7 Å². The van der Waals surface area contributed by atoms with E-state index in [1.165, 1.54) is 12.3 Å². The molecule has 1 aliphatic rings. The first kappa shape index (κ1) is 25.8. The van der Waals surface area contributed by atoms with E-state index in [-0.39, 0.29) is 36.3 Å². The molecule has 2 rings (SSSR count). The van der Waals surface area contributed by atoms with Gasteiger partial charge in [-0.1, -0.05) is 11.8 Å². The summed E-state index contributed by atoms with van der Waals surface area (Å²) in [6.07, 6.45) is 3.49. The van der Waals surface area contributed by atoms with E-state index < -0.39 is 30.2 Å². The van der Waals surface area contributed by atoms with Crippen molar-refractivity contribution in [2.24, 2.45) is 5.73 Å². The monoisotopic (exact) mass is 444 g/mol. The van der Waals surface area contributed by atoms with Gasteiger partial charge in [0, 0.05) is 19.3 Å². The molecule has 1 saturated heterocycles. The number of thioether (sulfide) groups is 1. The zero-order valence-electron chi connectivity index (χ0n) is 14.8. The molecule has 2 heterocycles. The minimum Gasteiger partial charge on any atom is -0.346 e. The summed E-state index contributed by atoms with van der Waals surface area (Å²) in [5.41, 5.74) is 5.13. The van der Waals surface area contributed by atoms with Crippen molar-refractivity contribution in [1.29, 1.82) is 0 Å². The lowest BCUT2D eigenvalue weighted by Gasteiger charge is -2.20. The van der Waals surface area contributed by atoms with E-state index in [1.54, 1.807) is 17.9 Å². The van der Waals surface area contributed by atoms with Gasteiger partial charge in [0.15, 0.2) is 0 Å². The van der Waals surface area contributed by atoms with Crippen LogP contribution in [0.15, 0.2) is 23.4 Å². The molecule has 1 fully saturated rings. The van der Waals surface area contributed by atoms with Gasteiger partial charge in [0.05, 0.1) is 23.9 Å². The van der Waals surface area contributed by atoms with Gasteiger partial charge >= 0.3 is 0 Å². The van der Waals surface area contributed by atoms with Gasteiger partial charge in [-0.15, -0.1) is 24.8 Å². The predicted molar refractivity (Wildman–Crippen MR) is 106 cm³/mol. The SMILES string of the molecule is CC(Sc1ncccc1C(=O)NCC(F)(F)CN)C(=O)N1CCCC1.Cl.Cl. The van der Waals surface area contributed by atoms with Crippen LogP contribution in [0.4, 0.5) is 8.78 Å². The molecule has 0 radical (unpaired) electrons. The number of rotatable bonds is 7. The Balaban J connectivity index is 0.00000338. The number of carbonyl (C=O) groups is 2. The number of carbonyl (C=O) groups excluding carboxylic acids is 2. The molecule has 0 bridgehead atoms. The van der Waals surface area contributed by atoms with Crippen molar-refractivity contribution in [2.45, 2.75) is 36.0 Å². The van der Waals surface area contributed by atoms with Crippen LogP contribution in [-0.2, 0) is 4.79 Å². The van der Waals surface area contributed by atoms with Crippen LogP contribution < -0.4 is 11.1 Å². The van der Waals surface area contributed by atoms with Crippen molar-refractivity contribution in [1.82, 2.24) is 15.2 Å². The molecule has 6 nitrogen and oxygen atoms in total. The third-order valence-corrected chi connectivity index (χ3v) is 4.98. The van der Waals surface area contributed by atoms with E-state index in [0.29, 0.717) is 5.03 Å². The third-order valence-electron chi connectivity index (χ3n) is 3.88. The lowest BCUT2D eigenvalue weighted by Crippen LogP contribution is -2.41. The van der Waals surface area contributed by atoms with Crippen LogP contribution >= 0.6 is 36.6 Å². The fourth-order valence-electron chi connectivity index (χ4n) is 2.45. The lowest BCUT2D eigenvalue weighted by molar-refractivity contribution is -0.129. The summed E-state index contributed by atoms with van der Waals surface area (Å²) >= 11 is 1.16. The normalized spacial score (nSPS) is 14.7. The number of amides is 2. The number of alkyl halides is 2. The van der Waals surface area contributed by atoms with Crippen LogP contribution in [-0.4, -0.2) is 59.0 Å². The standard InChI is InChI=1S/C16H22F2N4O2S.2ClH/c1-11(15(24)22-7-2-3-8-22)25-14-12(5-4-6-20-14)13(23)21-10-16(17,18)9-19;;/h4-6,11H,2-3,7-10,19H2,1H3,(H,21,23);2*1H. The molecule has 1 unspecified atom stereocenters. The molecular weight excluding hydrogens is 421 g/mol. The molecule has 154 valence electrons. The maximum Gasteiger partial charge on any atom is 0.277 e. The summed E-state index contributed by atoms with van der Waals surface area (Å²) in [6, 6.07) is 3.05. The highest BCUT2D eigenvalue weighted by Crippen LogP contribution is 2.27. The van der Waals surface area contributed by atoms with E-state index in [9.17, 15) is 18.4 Å². The third kappa shape index (κ3) is 7.40. The van der Waals surface area contributed by atoms with E-state index in [2.05, 4.69) is 10.3 Å². The van der Waals surface area contributed by atoms with Crippen molar-refractivity contribution >= 4 is 48.4 Å². The molecule has 0 aliphatic carbocycles. The Bertz CT molecular complexity index is 634. The Morgan fingerprint density at radius 3 is 2.59 bits per heavy atom. The second kappa shape index (κ2) is 11.6. The molecule has 0 saturated carbocycles. The first-order valence-corrected chi connectivity index (χ1v) is 8.98. The van der Waals surface area contributed by atoms with Gasteiger partial charge in [-0.2, -0.15) is 0 Å². The minimum atomic E-state index is -3.16. The first-order chi connectivity index (χ1) is 11.8. The molecule has 0 aromatic carbocycles. The highest BCUT2D eigenvalue weighted by atomic mass is 35.5. The van der Waals surface area contributed by atoms with E-state index in [1.807, 2.05) is 0 Å². The van der Waals surface area contributed by atoms with Gasteiger partial charge in [0.1, 0.15) is 5.03 Å². The Morgan fingerprint density at radius 1 is 1.37 bits per heavy atom. The molecule has 1 aromatic heterocycles. The molecule has 3 N–H and O–H groups in total. The summed E-state index contributed by atoms with van der Waals surface area (Å²) in [5.74, 6) is -3.83. The van der Waals surface area contributed by atoms with Crippen LogP contribution in [0.1, 0.15) is 30.1 Å². The van der Waals surface area contributed by atoms with Gasteiger partial charge < -0.3 is 16.0 Å². The van der Waals surface area contributed by atoms with Crippen molar-refractivity contribution < 1.29 is 18.4 Å². The summed E-state index contributed by atoms with van der Waals surface area (Å²) in [6.45, 7) is 1.55. The smallest absolute Gasteiger partial charge is 0.277 e. The van der Waals surface area contributed by atoms with Gasteiger partial charge in [-0.25, -0.2) is 13.8 Å². The number of pyridine rings is 1. The number of nitrogens with one attached hydrogen (secondary N) is 1. The summed E-state index contributed by atoms with van der Waals surface area (Å²) in [7, 11) is 0. The molecule has 1 aliphatic heterocycles. The Labute approximate surface area is 173 Å². The van der Waals surface area contributed by atoms with Gasteiger partial charge in [0.25, 0.3) is 11.8 Å². The lowest BCUT2D eigenvalue weighted by atomic mass is 10.2. The van der Waals surface area contributed by atoms with Crippen LogP contribution in [0.2, 0.25) is 0 Å². The number of aromatic nitrogens is 1. The molecule has 11 heteroatoms. The first-order valence-electron chi connectivity index (χ1n) is 8.10. The summed E-state index contributed by atoms with van der Waals surface area (Å²) < 4.78 is 26.4. The number of nitrogens with two attached hydrogens (primary N) is 1. The molecule has 27 heavy (non-hydrogen) atoms. The molecular formula is C16H24Cl2F2N4O2S. The zero-order chi connectivity index (χ0) is 18.4. The van der Waals surface area contributed by atoms with Crippen LogP contribution in [0.25, 0.3) is 0 Å². The molecule has 1 aromatic rings. The number of hydrogen-bond donors (Lipinski definition) is 2. The average molecular weight is 445 g/mol. The van der Waals surface area contributed by atoms with E-state index >= 15 is 0 Å². The Morgan fingerprint density at radius 2 is 2.00 bits per heavy atom. The van der Waals surface area contributed by atoms with Crippen molar-refractivity contribution in [3.05, 3.63) is 23.9 Å². The van der Waals surface area contributed by atoms with E-state index in [4.69, 9.17) is 5.73 Å². The van der Waals surface area contributed by atoms with Crippen molar-refractivity contribution in [3.63, 3.8) is 0 Å². The second-order valence-corrected chi connectivity index (χ2v) is 7.22. The van der Waals surface area contributed by atoms with Gasteiger partial charge in [-0.05, 0) is 31.9 Å². The van der Waals surface area contributed by atoms with Gasteiger partial charge in [0.2, 0.25) is 5.91 Å². The topological polar surface area (TPSA) is 88.3 Å². The second-order valence-electron chi connectivity index (χ2n) is 5.89. The highest BCUT2D eigenvalue weighted by molar-refractivity contribution is 8.00. The average Bonchev–Trinajstić information content (AvgIpc) is 3.14. The number of hydrogen-bond acceptors (Lipinski definition) is 5. The van der Waals surface area contributed by atoms with Crippen molar-refractivity contribution in [3.8, 4) is 0 Å². The Kier molecular flexibility index (Phi) is 11.1. The summed E-state index contributed by atoms with van der Waals surface area (Å²) in [4.78, 5) is 30.5. The van der Waals surface area contributed by atoms with Gasteiger partial charge in [-0.3, -0.25) is 9.59 Å². The fraction of sp³-hybridized carbons (Fsp3) is 0.562. The number of nitrogens with zero attached hydrogens (tertiary/aromatic N) is 2. The quantitative estimate of drug-likeness (QED) is 0.630.